The molecule has 4 aliphatic carbocycles. The summed E-state index contributed by atoms with van der Waals surface area (Å²) in [6.45, 7) is 6.81. The molecule has 2 nitrogen and oxygen atoms in total. The highest BCUT2D eigenvalue weighted by Crippen LogP contribution is 2.61. The molecule has 0 spiro atoms. The quantitative estimate of drug-likeness (QED) is 0.610. The van der Waals surface area contributed by atoms with Crippen LogP contribution in [0, 0.1) is 23.2 Å². The van der Waals surface area contributed by atoms with E-state index in [1.165, 1.54) is 38.5 Å². The molecular weight excluding hydrogens is 252 g/mol. The fourth-order valence-corrected chi connectivity index (χ4v) is 5.53. The second-order valence-corrected chi connectivity index (χ2v) is 7.55. The first-order valence-corrected chi connectivity index (χ1v) is 8.17. The van der Waals surface area contributed by atoms with Crippen molar-refractivity contribution in [1.82, 2.24) is 10.6 Å². The highest BCUT2D eigenvalue weighted by Gasteiger charge is 2.53. The highest BCUT2D eigenvalue weighted by atomic mass is 32.1. The minimum absolute atomic E-state index is 0.505. The molecule has 0 aromatic carbocycles. The van der Waals surface area contributed by atoms with Gasteiger partial charge in [-0.05, 0) is 80.8 Å². The first-order chi connectivity index (χ1) is 9.11. The number of rotatable bonds is 4. The van der Waals surface area contributed by atoms with Crippen LogP contribution < -0.4 is 10.6 Å². The fraction of sp³-hybridized carbons (Fsp3) is 0.812. The Morgan fingerprint density at radius 1 is 1.26 bits per heavy atom. The lowest BCUT2D eigenvalue weighted by Crippen LogP contribution is -2.57. The summed E-state index contributed by atoms with van der Waals surface area (Å²) in [5, 5.41) is 7.54. The van der Waals surface area contributed by atoms with Crippen LogP contribution in [0.1, 0.15) is 45.4 Å². The Bertz CT molecular complexity index is 342. The van der Waals surface area contributed by atoms with Crippen molar-refractivity contribution in [3.8, 4) is 0 Å². The Labute approximate surface area is 122 Å². The van der Waals surface area contributed by atoms with Crippen molar-refractivity contribution in [1.29, 1.82) is 0 Å². The third-order valence-electron chi connectivity index (χ3n) is 5.76. The standard InChI is InChI=1S/C16H26N2S/c1-3-4-17-15(19)18-11(2)16-8-12-5-13(9-16)7-14(6-12)10-16/h3,11-14H,1,4-10H2,2H3,(H2,17,18,19)/t11-,12?,13?,14?,16?/m0/s1. The number of thiocarbonyl (C=S) groups is 1. The van der Waals surface area contributed by atoms with E-state index in [1.807, 2.05) is 6.08 Å². The molecule has 0 amide bonds. The molecule has 0 aromatic heterocycles. The van der Waals surface area contributed by atoms with Gasteiger partial charge in [-0.1, -0.05) is 6.08 Å². The van der Waals surface area contributed by atoms with E-state index in [0.717, 1.165) is 29.4 Å². The van der Waals surface area contributed by atoms with Gasteiger partial charge in [0.1, 0.15) is 0 Å². The van der Waals surface area contributed by atoms with Crippen LogP contribution in [0.5, 0.6) is 0 Å². The smallest absolute Gasteiger partial charge is 0.166 e. The van der Waals surface area contributed by atoms with Crippen LogP contribution in [0.25, 0.3) is 0 Å². The lowest BCUT2D eigenvalue weighted by molar-refractivity contribution is -0.0672. The maximum absolute atomic E-state index is 5.38. The summed E-state index contributed by atoms with van der Waals surface area (Å²) in [6, 6.07) is 0.505. The molecule has 0 unspecified atom stereocenters. The SMILES string of the molecule is C=CCNC(=S)N[C@@H](C)C12CC3CC(CC(C3)C1)C2. The maximum Gasteiger partial charge on any atom is 0.166 e. The summed E-state index contributed by atoms with van der Waals surface area (Å²) in [4.78, 5) is 0. The lowest BCUT2D eigenvalue weighted by atomic mass is 9.48. The summed E-state index contributed by atoms with van der Waals surface area (Å²) in [5.74, 6) is 3.01. The topological polar surface area (TPSA) is 24.1 Å². The Morgan fingerprint density at radius 3 is 2.26 bits per heavy atom. The number of nitrogens with one attached hydrogen (secondary N) is 2. The Hall–Kier alpha value is -0.570. The summed E-state index contributed by atoms with van der Waals surface area (Å²) in [5.41, 5.74) is 0.522. The molecule has 4 bridgehead atoms. The average Bonchev–Trinajstić information content (AvgIpc) is 2.34. The largest absolute Gasteiger partial charge is 0.360 e. The van der Waals surface area contributed by atoms with Crippen molar-refractivity contribution in [3.05, 3.63) is 12.7 Å². The molecule has 4 aliphatic rings. The summed E-state index contributed by atoms with van der Waals surface area (Å²) in [7, 11) is 0. The van der Waals surface area contributed by atoms with Crippen molar-refractivity contribution >= 4 is 17.3 Å². The van der Waals surface area contributed by atoms with E-state index < -0.39 is 0 Å². The lowest BCUT2D eigenvalue weighted by Gasteiger charge is -2.59. The van der Waals surface area contributed by atoms with Gasteiger partial charge in [-0.15, -0.1) is 6.58 Å². The van der Waals surface area contributed by atoms with Crippen LogP contribution in [0.4, 0.5) is 0 Å². The predicted octanol–water partition coefficient (Wildman–Crippen LogP) is 3.24. The Balaban J connectivity index is 1.64. The minimum Gasteiger partial charge on any atom is -0.360 e. The molecule has 4 saturated carbocycles. The van der Waals surface area contributed by atoms with Gasteiger partial charge in [0.25, 0.3) is 0 Å². The molecule has 3 heteroatoms. The molecule has 0 aliphatic heterocycles. The molecule has 0 aromatic rings. The first-order valence-electron chi connectivity index (χ1n) is 7.76. The molecule has 0 radical (unpaired) electrons. The van der Waals surface area contributed by atoms with Crippen molar-refractivity contribution < 1.29 is 0 Å². The predicted molar refractivity (Wildman–Crippen MR) is 84.0 cm³/mol. The maximum atomic E-state index is 5.38. The van der Waals surface area contributed by atoms with Gasteiger partial charge in [0.2, 0.25) is 0 Å². The van der Waals surface area contributed by atoms with Crippen LogP contribution in [-0.2, 0) is 0 Å². The molecule has 4 rings (SSSR count). The molecule has 106 valence electrons. The van der Waals surface area contributed by atoms with Crippen LogP contribution >= 0.6 is 12.2 Å². The van der Waals surface area contributed by atoms with Crippen molar-refractivity contribution in [2.45, 2.75) is 51.5 Å². The zero-order valence-electron chi connectivity index (χ0n) is 12.0. The second-order valence-electron chi connectivity index (χ2n) is 7.14. The Kier molecular flexibility index (Phi) is 3.59. The monoisotopic (exact) mass is 278 g/mol. The summed E-state index contributed by atoms with van der Waals surface area (Å²) in [6.07, 6.45) is 10.6. The van der Waals surface area contributed by atoms with Crippen molar-refractivity contribution in [2.24, 2.45) is 23.2 Å². The van der Waals surface area contributed by atoms with E-state index in [4.69, 9.17) is 12.2 Å². The van der Waals surface area contributed by atoms with Gasteiger partial charge in [0.05, 0.1) is 0 Å². The molecule has 4 fully saturated rings. The molecule has 1 atom stereocenters. The summed E-state index contributed by atoms with van der Waals surface area (Å²) >= 11 is 5.38. The minimum atomic E-state index is 0.505. The van der Waals surface area contributed by atoms with Crippen molar-refractivity contribution in [3.63, 3.8) is 0 Å². The molecule has 2 N–H and O–H groups in total. The van der Waals surface area contributed by atoms with Gasteiger partial charge >= 0.3 is 0 Å². The summed E-state index contributed by atoms with van der Waals surface area (Å²) < 4.78 is 0. The molecular formula is C16H26N2S. The normalized spacial score (nSPS) is 40.8. The first kappa shape index (κ1) is 13.4. The van der Waals surface area contributed by atoms with Gasteiger partial charge in [-0.25, -0.2) is 0 Å². The molecule has 0 saturated heterocycles. The van der Waals surface area contributed by atoms with Gasteiger partial charge in [-0.3, -0.25) is 0 Å². The Morgan fingerprint density at radius 2 is 1.79 bits per heavy atom. The molecule has 0 heterocycles. The average molecular weight is 278 g/mol. The van der Waals surface area contributed by atoms with Gasteiger partial charge in [-0.2, -0.15) is 0 Å². The van der Waals surface area contributed by atoms with Gasteiger partial charge in [0, 0.05) is 12.6 Å². The van der Waals surface area contributed by atoms with E-state index >= 15 is 0 Å². The third kappa shape index (κ3) is 2.54. The molecule has 19 heavy (non-hydrogen) atoms. The number of hydrogen-bond donors (Lipinski definition) is 2. The van der Waals surface area contributed by atoms with Crippen molar-refractivity contribution in [2.75, 3.05) is 6.54 Å². The van der Waals surface area contributed by atoms with E-state index in [0.29, 0.717) is 11.5 Å². The fourth-order valence-electron chi connectivity index (χ4n) is 5.27. The van der Waals surface area contributed by atoms with Crippen LogP contribution in [-0.4, -0.2) is 17.7 Å². The second kappa shape index (κ2) is 5.08. The van der Waals surface area contributed by atoms with E-state index in [9.17, 15) is 0 Å². The van der Waals surface area contributed by atoms with E-state index in [-0.39, 0.29) is 0 Å². The van der Waals surface area contributed by atoms with E-state index in [2.05, 4.69) is 24.1 Å². The van der Waals surface area contributed by atoms with Gasteiger partial charge in [0.15, 0.2) is 5.11 Å². The zero-order chi connectivity index (χ0) is 13.5. The highest BCUT2D eigenvalue weighted by molar-refractivity contribution is 7.80. The van der Waals surface area contributed by atoms with Crippen LogP contribution in [0.3, 0.4) is 0 Å². The van der Waals surface area contributed by atoms with E-state index in [1.54, 1.807) is 0 Å². The van der Waals surface area contributed by atoms with Gasteiger partial charge < -0.3 is 10.6 Å². The van der Waals surface area contributed by atoms with Crippen LogP contribution in [0.2, 0.25) is 0 Å². The number of hydrogen-bond acceptors (Lipinski definition) is 1. The third-order valence-corrected chi connectivity index (χ3v) is 6.02. The van der Waals surface area contributed by atoms with Crippen LogP contribution in [0.15, 0.2) is 12.7 Å². The zero-order valence-corrected chi connectivity index (χ0v) is 12.8.